The summed E-state index contributed by atoms with van der Waals surface area (Å²) in [5.41, 5.74) is 0. The quantitative estimate of drug-likeness (QED) is 0.712. The van der Waals surface area contributed by atoms with E-state index in [4.69, 9.17) is 0 Å². The molecule has 1 aromatic heterocycles. The van der Waals surface area contributed by atoms with Crippen LogP contribution in [0.2, 0.25) is 0 Å². The normalized spacial score (nSPS) is 13.8. The van der Waals surface area contributed by atoms with Gasteiger partial charge in [0, 0.05) is 29.4 Å². The summed E-state index contributed by atoms with van der Waals surface area (Å²) in [4.78, 5) is 1.50. The molecule has 1 heterocycles. The topological polar surface area (TPSA) is 49.4 Å². The molecule has 1 N–H and O–H groups in total. The second-order valence-corrected chi connectivity index (χ2v) is 7.78. The van der Waals surface area contributed by atoms with E-state index in [1.54, 1.807) is 15.8 Å². The van der Waals surface area contributed by atoms with Crippen molar-refractivity contribution in [3.05, 3.63) is 16.3 Å². The van der Waals surface area contributed by atoms with E-state index in [0.29, 0.717) is 11.4 Å². The van der Waals surface area contributed by atoms with Crippen LogP contribution in [0.3, 0.4) is 0 Å². The van der Waals surface area contributed by atoms with E-state index in [-0.39, 0.29) is 6.04 Å². The molecular weight excluding hydrogens is 292 g/mol. The van der Waals surface area contributed by atoms with Gasteiger partial charge in [0.1, 0.15) is 0 Å². The van der Waals surface area contributed by atoms with Crippen LogP contribution < -0.4 is 5.32 Å². The Balaban J connectivity index is 2.87. The first-order valence-corrected chi connectivity index (χ1v) is 9.59. The Morgan fingerprint density at radius 1 is 1.35 bits per heavy atom. The minimum absolute atomic E-state index is 0.0339. The molecule has 0 aromatic carbocycles. The lowest BCUT2D eigenvalue weighted by atomic mass is 10.3. The second-order valence-electron chi connectivity index (χ2n) is 4.89. The number of rotatable bonds is 9. The first kappa shape index (κ1) is 17.6. The van der Waals surface area contributed by atoms with Gasteiger partial charge in [-0.2, -0.15) is 4.31 Å². The molecule has 0 spiro atoms. The fourth-order valence-electron chi connectivity index (χ4n) is 2.03. The van der Waals surface area contributed by atoms with Gasteiger partial charge in [0.15, 0.2) is 0 Å². The highest BCUT2D eigenvalue weighted by Gasteiger charge is 2.27. The molecule has 0 aliphatic carbocycles. The Bertz CT molecular complexity index is 497. The summed E-state index contributed by atoms with van der Waals surface area (Å²) >= 11 is 1.51. The van der Waals surface area contributed by atoms with Gasteiger partial charge < -0.3 is 5.32 Å². The first-order chi connectivity index (χ1) is 9.47. The van der Waals surface area contributed by atoms with Gasteiger partial charge in [0.2, 0.25) is 10.0 Å². The SMILES string of the molecule is CCCNCc1cc(S(=O)(=O)N(CC)C(C)CC)cs1. The molecule has 0 amide bonds. The molecule has 0 aliphatic rings. The zero-order valence-electron chi connectivity index (χ0n) is 12.8. The summed E-state index contributed by atoms with van der Waals surface area (Å²) in [6.45, 7) is 10.2. The van der Waals surface area contributed by atoms with Crippen LogP contribution in [0, 0.1) is 0 Å². The van der Waals surface area contributed by atoms with Gasteiger partial charge >= 0.3 is 0 Å². The standard InChI is InChI=1S/C14H26N2O2S2/c1-5-8-15-10-13-9-14(11-19-13)20(17,18)16(7-3)12(4)6-2/h9,11-12,15H,5-8,10H2,1-4H3. The van der Waals surface area contributed by atoms with Gasteiger partial charge in [-0.15, -0.1) is 11.3 Å². The molecule has 1 unspecified atom stereocenters. The van der Waals surface area contributed by atoms with Crippen molar-refractivity contribution in [2.75, 3.05) is 13.1 Å². The van der Waals surface area contributed by atoms with Crippen molar-refractivity contribution in [3.63, 3.8) is 0 Å². The summed E-state index contributed by atoms with van der Waals surface area (Å²) in [5.74, 6) is 0. The third-order valence-corrected chi connectivity index (χ3v) is 6.51. The second kappa shape index (κ2) is 8.12. The summed E-state index contributed by atoms with van der Waals surface area (Å²) in [7, 11) is -3.36. The Labute approximate surface area is 127 Å². The fourth-order valence-corrected chi connectivity index (χ4v) is 4.98. The van der Waals surface area contributed by atoms with Crippen molar-refractivity contribution in [2.45, 2.75) is 58.0 Å². The molecule has 1 rings (SSSR count). The molecule has 0 fully saturated rings. The minimum Gasteiger partial charge on any atom is -0.312 e. The molecular formula is C14H26N2O2S2. The average Bonchev–Trinajstić information content (AvgIpc) is 2.89. The molecule has 0 bridgehead atoms. The molecule has 0 aliphatic heterocycles. The van der Waals surface area contributed by atoms with Crippen molar-refractivity contribution >= 4 is 21.4 Å². The van der Waals surface area contributed by atoms with Crippen LogP contribution in [0.15, 0.2) is 16.3 Å². The van der Waals surface area contributed by atoms with Crippen LogP contribution in [0.4, 0.5) is 0 Å². The van der Waals surface area contributed by atoms with Crippen molar-refractivity contribution in [1.29, 1.82) is 0 Å². The molecule has 116 valence electrons. The summed E-state index contributed by atoms with van der Waals surface area (Å²) in [5, 5.41) is 5.05. The van der Waals surface area contributed by atoms with Crippen molar-refractivity contribution in [3.8, 4) is 0 Å². The van der Waals surface area contributed by atoms with Crippen molar-refractivity contribution in [1.82, 2.24) is 9.62 Å². The lowest BCUT2D eigenvalue weighted by Gasteiger charge is -2.25. The maximum atomic E-state index is 12.6. The minimum atomic E-state index is -3.36. The maximum Gasteiger partial charge on any atom is 0.244 e. The van der Waals surface area contributed by atoms with Gasteiger partial charge in [-0.05, 0) is 32.4 Å². The van der Waals surface area contributed by atoms with E-state index < -0.39 is 10.0 Å². The summed E-state index contributed by atoms with van der Waals surface area (Å²) in [6, 6.07) is 1.83. The summed E-state index contributed by atoms with van der Waals surface area (Å²) in [6.07, 6.45) is 1.90. The highest BCUT2D eigenvalue weighted by Crippen LogP contribution is 2.24. The number of sulfonamides is 1. The first-order valence-electron chi connectivity index (χ1n) is 7.27. The van der Waals surface area contributed by atoms with Crippen LogP contribution in [0.1, 0.15) is 45.4 Å². The number of hydrogen-bond donors (Lipinski definition) is 1. The van der Waals surface area contributed by atoms with E-state index in [1.165, 1.54) is 11.3 Å². The molecule has 1 aromatic rings. The van der Waals surface area contributed by atoms with Crippen LogP contribution >= 0.6 is 11.3 Å². The smallest absolute Gasteiger partial charge is 0.244 e. The van der Waals surface area contributed by atoms with Crippen molar-refractivity contribution in [2.24, 2.45) is 0 Å². The third kappa shape index (κ3) is 4.28. The largest absolute Gasteiger partial charge is 0.312 e. The zero-order chi connectivity index (χ0) is 15.2. The Morgan fingerprint density at radius 3 is 2.60 bits per heavy atom. The van der Waals surface area contributed by atoms with E-state index in [2.05, 4.69) is 12.2 Å². The Kier molecular flexibility index (Phi) is 7.15. The predicted octanol–water partition coefficient (Wildman–Crippen LogP) is 3.06. The lowest BCUT2D eigenvalue weighted by molar-refractivity contribution is 0.342. The Morgan fingerprint density at radius 2 is 2.05 bits per heavy atom. The van der Waals surface area contributed by atoms with Gasteiger partial charge in [-0.3, -0.25) is 0 Å². The van der Waals surface area contributed by atoms with E-state index in [0.717, 1.165) is 30.8 Å². The van der Waals surface area contributed by atoms with Crippen LogP contribution in [0.5, 0.6) is 0 Å². The van der Waals surface area contributed by atoms with E-state index in [1.807, 2.05) is 20.8 Å². The zero-order valence-corrected chi connectivity index (χ0v) is 14.5. The van der Waals surface area contributed by atoms with Crippen LogP contribution in [0.25, 0.3) is 0 Å². The fraction of sp³-hybridized carbons (Fsp3) is 0.714. The number of thiophene rings is 1. The van der Waals surface area contributed by atoms with Gasteiger partial charge in [-0.25, -0.2) is 8.42 Å². The Hall–Kier alpha value is -0.430. The van der Waals surface area contributed by atoms with Gasteiger partial charge in [0.05, 0.1) is 4.90 Å². The van der Waals surface area contributed by atoms with Crippen LogP contribution in [-0.4, -0.2) is 31.9 Å². The molecule has 0 saturated carbocycles. The van der Waals surface area contributed by atoms with Gasteiger partial charge in [0.25, 0.3) is 0 Å². The van der Waals surface area contributed by atoms with Crippen molar-refractivity contribution < 1.29 is 8.42 Å². The molecule has 20 heavy (non-hydrogen) atoms. The average molecular weight is 319 g/mol. The third-order valence-electron chi connectivity index (χ3n) is 3.36. The molecule has 0 saturated heterocycles. The summed E-state index contributed by atoms with van der Waals surface area (Å²) < 4.78 is 26.8. The van der Waals surface area contributed by atoms with Gasteiger partial charge in [-0.1, -0.05) is 20.8 Å². The highest BCUT2D eigenvalue weighted by molar-refractivity contribution is 7.89. The molecule has 0 radical (unpaired) electrons. The van der Waals surface area contributed by atoms with E-state index in [9.17, 15) is 8.42 Å². The molecule has 4 nitrogen and oxygen atoms in total. The highest BCUT2D eigenvalue weighted by atomic mass is 32.2. The predicted molar refractivity (Wildman–Crippen MR) is 85.6 cm³/mol. The lowest BCUT2D eigenvalue weighted by Crippen LogP contribution is -2.37. The monoisotopic (exact) mass is 318 g/mol. The van der Waals surface area contributed by atoms with E-state index >= 15 is 0 Å². The maximum absolute atomic E-state index is 12.6. The van der Waals surface area contributed by atoms with Crippen LogP contribution in [-0.2, 0) is 16.6 Å². The number of nitrogens with zero attached hydrogens (tertiary/aromatic N) is 1. The molecule has 1 atom stereocenters. The number of hydrogen-bond acceptors (Lipinski definition) is 4. The number of nitrogens with one attached hydrogen (secondary N) is 1. The molecule has 6 heteroatoms.